The Kier molecular flexibility index (Phi) is 6.72. The van der Waals surface area contributed by atoms with Gasteiger partial charge in [-0.3, -0.25) is 14.5 Å². The lowest BCUT2D eigenvalue weighted by Gasteiger charge is -2.32. The molecule has 0 bridgehead atoms. The van der Waals surface area contributed by atoms with Crippen LogP contribution in [0, 0.1) is 0 Å². The zero-order valence-electron chi connectivity index (χ0n) is 15.6. The van der Waals surface area contributed by atoms with Crippen LogP contribution in [0.25, 0.3) is 0 Å². The molecule has 2 N–H and O–H groups in total. The molecule has 0 radical (unpaired) electrons. The Morgan fingerprint density at radius 3 is 2.68 bits per heavy atom. The van der Waals surface area contributed by atoms with Crippen molar-refractivity contribution in [1.82, 2.24) is 15.1 Å². The molecule has 150 valence electrons. The SMILES string of the molecule is Cl.O=C(Nc1cccc(C(=O)N2CCC(N3CCNCC3)C2)c1)c1ccco1. The lowest BCUT2D eigenvalue weighted by atomic mass is 10.1. The van der Waals surface area contributed by atoms with Crippen molar-refractivity contribution in [2.45, 2.75) is 12.5 Å². The zero-order valence-corrected chi connectivity index (χ0v) is 16.4. The van der Waals surface area contributed by atoms with Gasteiger partial charge in [0.15, 0.2) is 5.76 Å². The number of likely N-dealkylation sites (tertiary alicyclic amines) is 1. The first-order valence-corrected chi connectivity index (χ1v) is 9.40. The van der Waals surface area contributed by atoms with Crippen molar-refractivity contribution in [1.29, 1.82) is 0 Å². The van der Waals surface area contributed by atoms with Gasteiger partial charge in [0, 0.05) is 56.6 Å². The van der Waals surface area contributed by atoms with Crippen molar-refractivity contribution in [2.24, 2.45) is 0 Å². The summed E-state index contributed by atoms with van der Waals surface area (Å²) >= 11 is 0. The van der Waals surface area contributed by atoms with Crippen LogP contribution in [-0.4, -0.2) is 66.9 Å². The largest absolute Gasteiger partial charge is 0.459 e. The highest BCUT2D eigenvalue weighted by Gasteiger charge is 2.31. The summed E-state index contributed by atoms with van der Waals surface area (Å²) in [6, 6.07) is 10.8. The topological polar surface area (TPSA) is 77.8 Å². The van der Waals surface area contributed by atoms with E-state index in [0.29, 0.717) is 17.3 Å². The number of carbonyl (C=O) groups is 2. The van der Waals surface area contributed by atoms with Gasteiger partial charge in [0.25, 0.3) is 11.8 Å². The summed E-state index contributed by atoms with van der Waals surface area (Å²) in [4.78, 5) is 29.4. The number of piperazine rings is 1. The molecule has 2 fully saturated rings. The summed E-state index contributed by atoms with van der Waals surface area (Å²) in [5.41, 5.74) is 1.17. The number of furan rings is 1. The number of hydrogen-bond acceptors (Lipinski definition) is 5. The van der Waals surface area contributed by atoms with Gasteiger partial charge in [-0.25, -0.2) is 0 Å². The average molecular weight is 405 g/mol. The molecule has 1 unspecified atom stereocenters. The molecule has 7 nitrogen and oxygen atoms in total. The third-order valence-corrected chi connectivity index (χ3v) is 5.23. The van der Waals surface area contributed by atoms with Crippen LogP contribution in [-0.2, 0) is 0 Å². The molecule has 2 aliphatic rings. The molecule has 0 aliphatic carbocycles. The first-order valence-electron chi connectivity index (χ1n) is 9.40. The minimum Gasteiger partial charge on any atom is -0.459 e. The molecule has 4 rings (SSSR count). The summed E-state index contributed by atoms with van der Waals surface area (Å²) in [6.07, 6.45) is 2.47. The summed E-state index contributed by atoms with van der Waals surface area (Å²) in [5.74, 6) is -0.0728. The van der Waals surface area contributed by atoms with Crippen molar-refractivity contribution in [3.05, 3.63) is 54.0 Å². The third kappa shape index (κ3) is 4.55. The number of amides is 2. The molecule has 1 atom stereocenters. The van der Waals surface area contributed by atoms with Crippen molar-refractivity contribution >= 4 is 29.9 Å². The molecule has 2 saturated heterocycles. The molecule has 1 aromatic carbocycles. The average Bonchev–Trinajstić information content (AvgIpc) is 3.40. The fraction of sp³-hybridized carbons (Fsp3) is 0.400. The zero-order chi connectivity index (χ0) is 18.6. The van der Waals surface area contributed by atoms with Crippen LogP contribution in [0.15, 0.2) is 47.1 Å². The van der Waals surface area contributed by atoms with Crippen LogP contribution in [0.4, 0.5) is 5.69 Å². The Balaban J connectivity index is 0.00000225. The lowest BCUT2D eigenvalue weighted by molar-refractivity contribution is 0.0773. The van der Waals surface area contributed by atoms with Gasteiger partial charge < -0.3 is 20.0 Å². The van der Waals surface area contributed by atoms with Gasteiger partial charge >= 0.3 is 0 Å². The number of hydrogen-bond donors (Lipinski definition) is 2. The molecular weight excluding hydrogens is 380 g/mol. The Labute approximate surface area is 170 Å². The molecular formula is C20H25ClN4O3. The highest BCUT2D eigenvalue weighted by Crippen LogP contribution is 2.20. The van der Waals surface area contributed by atoms with Gasteiger partial charge in [0.2, 0.25) is 0 Å². The van der Waals surface area contributed by atoms with Crippen LogP contribution in [0.1, 0.15) is 27.3 Å². The second kappa shape index (κ2) is 9.23. The van der Waals surface area contributed by atoms with Crippen molar-refractivity contribution < 1.29 is 14.0 Å². The van der Waals surface area contributed by atoms with E-state index >= 15 is 0 Å². The number of halogens is 1. The molecule has 3 heterocycles. The van der Waals surface area contributed by atoms with Crippen molar-refractivity contribution in [2.75, 3.05) is 44.6 Å². The van der Waals surface area contributed by atoms with E-state index in [4.69, 9.17) is 4.42 Å². The van der Waals surface area contributed by atoms with E-state index in [1.165, 1.54) is 6.26 Å². The second-order valence-electron chi connectivity index (χ2n) is 6.99. The normalized spacial score (nSPS) is 19.9. The van der Waals surface area contributed by atoms with Crippen LogP contribution in [0.2, 0.25) is 0 Å². The van der Waals surface area contributed by atoms with Crippen LogP contribution >= 0.6 is 12.4 Å². The van der Waals surface area contributed by atoms with Gasteiger partial charge in [-0.15, -0.1) is 12.4 Å². The second-order valence-corrected chi connectivity index (χ2v) is 6.99. The van der Waals surface area contributed by atoms with Crippen molar-refractivity contribution in [3.63, 3.8) is 0 Å². The van der Waals surface area contributed by atoms with E-state index < -0.39 is 0 Å². The number of carbonyl (C=O) groups excluding carboxylic acids is 2. The first-order chi connectivity index (χ1) is 13.2. The summed E-state index contributed by atoms with van der Waals surface area (Å²) in [6.45, 7) is 5.66. The Morgan fingerprint density at radius 2 is 1.93 bits per heavy atom. The van der Waals surface area contributed by atoms with E-state index in [1.807, 2.05) is 4.90 Å². The lowest BCUT2D eigenvalue weighted by Crippen LogP contribution is -2.49. The van der Waals surface area contributed by atoms with E-state index in [9.17, 15) is 9.59 Å². The van der Waals surface area contributed by atoms with E-state index in [2.05, 4.69) is 15.5 Å². The van der Waals surface area contributed by atoms with E-state index in [0.717, 1.165) is 45.7 Å². The van der Waals surface area contributed by atoms with E-state index in [-0.39, 0.29) is 30.0 Å². The molecule has 2 aromatic rings. The summed E-state index contributed by atoms with van der Waals surface area (Å²) in [7, 11) is 0. The Bertz CT molecular complexity index is 806. The van der Waals surface area contributed by atoms with Crippen LogP contribution in [0.3, 0.4) is 0 Å². The van der Waals surface area contributed by atoms with Crippen molar-refractivity contribution in [3.8, 4) is 0 Å². The van der Waals surface area contributed by atoms with Crippen LogP contribution in [0.5, 0.6) is 0 Å². The smallest absolute Gasteiger partial charge is 0.291 e. The van der Waals surface area contributed by atoms with Gasteiger partial charge in [-0.1, -0.05) is 6.07 Å². The third-order valence-electron chi connectivity index (χ3n) is 5.23. The number of anilines is 1. The standard InChI is InChI=1S/C20H24N4O3.ClH/c25-19(18-5-2-12-27-18)22-16-4-1-3-15(13-16)20(26)24-9-6-17(14-24)23-10-7-21-8-11-23;/h1-5,12-13,17,21H,6-11,14H2,(H,22,25);1H. The number of nitrogens with one attached hydrogen (secondary N) is 2. The monoisotopic (exact) mass is 404 g/mol. The Morgan fingerprint density at radius 1 is 1.11 bits per heavy atom. The highest BCUT2D eigenvalue weighted by molar-refractivity contribution is 6.03. The van der Waals surface area contributed by atoms with Gasteiger partial charge in [-0.2, -0.15) is 0 Å². The first kappa shape index (κ1) is 20.4. The molecule has 2 amide bonds. The number of rotatable bonds is 4. The fourth-order valence-electron chi connectivity index (χ4n) is 3.78. The number of nitrogens with zero attached hydrogens (tertiary/aromatic N) is 2. The minimum absolute atomic E-state index is 0. The number of benzene rings is 1. The molecule has 0 saturated carbocycles. The summed E-state index contributed by atoms with van der Waals surface area (Å²) in [5, 5.41) is 6.14. The molecule has 8 heteroatoms. The van der Waals surface area contributed by atoms with E-state index in [1.54, 1.807) is 36.4 Å². The maximum atomic E-state index is 12.9. The van der Waals surface area contributed by atoms with Crippen LogP contribution < -0.4 is 10.6 Å². The predicted octanol–water partition coefficient (Wildman–Crippen LogP) is 2.07. The molecule has 2 aliphatic heterocycles. The molecule has 0 spiro atoms. The maximum Gasteiger partial charge on any atom is 0.291 e. The maximum absolute atomic E-state index is 12.9. The van der Waals surface area contributed by atoms with Gasteiger partial charge in [0.1, 0.15) is 0 Å². The predicted molar refractivity (Wildman–Crippen MR) is 109 cm³/mol. The van der Waals surface area contributed by atoms with Gasteiger partial charge in [-0.05, 0) is 36.8 Å². The highest BCUT2D eigenvalue weighted by atomic mass is 35.5. The quantitative estimate of drug-likeness (QED) is 0.815. The minimum atomic E-state index is -0.329. The molecule has 28 heavy (non-hydrogen) atoms. The fourth-order valence-corrected chi connectivity index (χ4v) is 3.78. The Hall–Kier alpha value is -2.35. The van der Waals surface area contributed by atoms with Gasteiger partial charge in [0.05, 0.1) is 6.26 Å². The summed E-state index contributed by atoms with van der Waals surface area (Å²) < 4.78 is 5.10. The molecule has 1 aromatic heterocycles.